The van der Waals surface area contributed by atoms with Gasteiger partial charge in [-0.05, 0) is 13.0 Å². The van der Waals surface area contributed by atoms with Crippen LogP contribution in [0.2, 0.25) is 0 Å². The summed E-state index contributed by atoms with van der Waals surface area (Å²) in [6.45, 7) is 1.86. The van der Waals surface area contributed by atoms with Crippen LogP contribution in [0.3, 0.4) is 0 Å². The van der Waals surface area contributed by atoms with Crippen LogP contribution in [-0.4, -0.2) is 9.97 Å². The van der Waals surface area contributed by atoms with Crippen molar-refractivity contribution in [3.8, 4) is 0 Å². The second-order valence-corrected chi connectivity index (χ2v) is 1.30. The summed E-state index contributed by atoms with van der Waals surface area (Å²) in [5, 5.41) is 0. The predicted molar refractivity (Wildman–Crippen MR) is 41.3 cm³/mol. The van der Waals surface area contributed by atoms with Gasteiger partial charge in [0.1, 0.15) is 5.82 Å². The Labute approximate surface area is 66.5 Å². The summed E-state index contributed by atoms with van der Waals surface area (Å²) in [5.74, 6) is 0.822. The van der Waals surface area contributed by atoms with Crippen LogP contribution in [0.25, 0.3) is 0 Å². The van der Waals surface area contributed by atoms with E-state index in [0.717, 1.165) is 5.82 Å². The summed E-state index contributed by atoms with van der Waals surface area (Å²) in [6, 6.07) is 1.80. The van der Waals surface area contributed by atoms with Crippen LogP contribution in [0.1, 0.15) is 5.82 Å². The summed E-state index contributed by atoms with van der Waals surface area (Å²) in [7, 11) is 0. The molecule has 0 N–H and O–H groups in total. The van der Waals surface area contributed by atoms with Crippen molar-refractivity contribution >= 4 is 24.8 Å². The maximum absolute atomic E-state index is 3.87. The van der Waals surface area contributed by atoms with Crippen LogP contribution in [0.4, 0.5) is 0 Å². The Bertz CT molecular complexity index is 143. The van der Waals surface area contributed by atoms with Crippen LogP contribution in [-0.2, 0) is 0 Å². The van der Waals surface area contributed by atoms with Gasteiger partial charge in [-0.3, -0.25) is 0 Å². The molecule has 9 heavy (non-hydrogen) atoms. The average molecular weight is 167 g/mol. The van der Waals surface area contributed by atoms with E-state index in [1.807, 2.05) is 6.92 Å². The van der Waals surface area contributed by atoms with Gasteiger partial charge >= 0.3 is 0 Å². The van der Waals surface area contributed by atoms with Crippen molar-refractivity contribution in [3.05, 3.63) is 24.3 Å². The smallest absolute Gasteiger partial charge is 0.125 e. The topological polar surface area (TPSA) is 25.8 Å². The van der Waals surface area contributed by atoms with E-state index in [1.54, 1.807) is 18.5 Å². The highest BCUT2D eigenvalue weighted by Gasteiger charge is 1.74. The number of nitrogens with zero attached hydrogens (tertiary/aromatic N) is 2. The first-order valence-electron chi connectivity index (χ1n) is 2.13. The SMILES string of the molecule is Cc1ncccn1.Cl.Cl. The standard InChI is InChI=1S/C5H6N2.2ClH/c1-5-6-3-2-4-7-5;;/h2-4H,1H3;2*1H. The van der Waals surface area contributed by atoms with Crippen LogP contribution in [0.15, 0.2) is 18.5 Å². The van der Waals surface area contributed by atoms with Gasteiger partial charge in [0.25, 0.3) is 0 Å². The monoisotopic (exact) mass is 166 g/mol. The maximum atomic E-state index is 3.87. The van der Waals surface area contributed by atoms with E-state index >= 15 is 0 Å². The minimum atomic E-state index is 0. The van der Waals surface area contributed by atoms with Crippen LogP contribution in [0, 0.1) is 6.92 Å². The third-order valence-corrected chi connectivity index (χ3v) is 0.695. The van der Waals surface area contributed by atoms with Crippen molar-refractivity contribution in [3.63, 3.8) is 0 Å². The lowest BCUT2D eigenvalue weighted by Gasteiger charge is -1.81. The minimum absolute atomic E-state index is 0. The van der Waals surface area contributed by atoms with Crippen LogP contribution in [0.5, 0.6) is 0 Å². The van der Waals surface area contributed by atoms with E-state index in [0.29, 0.717) is 0 Å². The molecular weight excluding hydrogens is 159 g/mol. The maximum Gasteiger partial charge on any atom is 0.125 e. The van der Waals surface area contributed by atoms with Crippen molar-refractivity contribution in [2.45, 2.75) is 6.92 Å². The van der Waals surface area contributed by atoms with Crippen molar-refractivity contribution in [1.82, 2.24) is 9.97 Å². The molecule has 0 aromatic carbocycles. The minimum Gasteiger partial charge on any atom is -0.242 e. The first kappa shape index (κ1) is 11.5. The molecule has 0 saturated heterocycles. The molecule has 0 amide bonds. The Morgan fingerprint density at radius 3 is 1.78 bits per heavy atom. The summed E-state index contributed by atoms with van der Waals surface area (Å²) in [6.07, 6.45) is 3.45. The second-order valence-electron chi connectivity index (χ2n) is 1.30. The zero-order valence-corrected chi connectivity index (χ0v) is 6.58. The molecule has 1 rings (SSSR count). The number of hydrogen-bond donors (Lipinski definition) is 0. The van der Waals surface area contributed by atoms with Gasteiger partial charge in [-0.15, -0.1) is 24.8 Å². The van der Waals surface area contributed by atoms with Crippen LogP contribution >= 0.6 is 24.8 Å². The zero-order valence-electron chi connectivity index (χ0n) is 4.94. The largest absolute Gasteiger partial charge is 0.242 e. The van der Waals surface area contributed by atoms with E-state index in [2.05, 4.69) is 9.97 Å². The molecule has 0 saturated carbocycles. The highest BCUT2D eigenvalue weighted by molar-refractivity contribution is 5.85. The fourth-order valence-corrected chi connectivity index (χ4v) is 0.374. The summed E-state index contributed by atoms with van der Waals surface area (Å²) >= 11 is 0. The molecule has 0 atom stereocenters. The molecule has 1 heterocycles. The van der Waals surface area contributed by atoms with Gasteiger partial charge in [0.2, 0.25) is 0 Å². The molecule has 0 bridgehead atoms. The Morgan fingerprint density at radius 1 is 1.11 bits per heavy atom. The number of hydrogen-bond acceptors (Lipinski definition) is 2. The Kier molecular flexibility index (Phi) is 7.37. The van der Waals surface area contributed by atoms with Gasteiger partial charge in [-0.2, -0.15) is 0 Å². The first-order chi connectivity index (χ1) is 3.39. The molecule has 1 aromatic rings. The molecule has 0 aliphatic carbocycles. The molecule has 0 spiro atoms. The molecule has 0 aliphatic heterocycles. The Balaban J connectivity index is 0. The Hall–Kier alpha value is -0.340. The lowest BCUT2D eigenvalue weighted by molar-refractivity contribution is 1.05. The normalized spacial score (nSPS) is 6.78. The van der Waals surface area contributed by atoms with Crippen molar-refractivity contribution < 1.29 is 0 Å². The third-order valence-electron chi connectivity index (χ3n) is 0.695. The van der Waals surface area contributed by atoms with Gasteiger partial charge in [-0.1, -0.05) is 0 Å². The van der Waals surface area contributed by atoms with Gasteiger partial charge in [0.15, 0.2) is 0 Å². The molecule has 4 heteroatoms. The highest BCUT2D eigenvalue weighted by atomic mass is 35.5. The molecular formula is C5H8Cl2N2. The van der Waals surface area contributed by atoms with Crippen molar-refractivity contribution in [1.29, 1.82) is 0 Å². The first-order valence-corrected chi connectivity index (χ1v) is 2.13. The van der Waals surface area contributed by atoms with Crippen molar-refractivity contribution in [2.24, 2.45) is 0 Å². The number of rotatable bonds is 0. The van der Waals surface area contributed by atoms with Gasteiger partial charge in [0.05, 0.1) is 0 Å². The summed E-state index contributed by atoms with van der Waals surface area (Å²) in [4.78, 5) is 7.74. The molecule has 1 aromatic heterocycles. The third kappa shape index (κ3) is 4.18. The van der Waals surface area contributed by atoms with Gasteiger partial charge in [-0.25, -0.2) is 9.97 Å². The zero-order chi connectivity index (χ0) is 5.11. The van der Waals surface area contributed by atoms with E-state index in [9.17, 15) is 0 Å². The summed E-state index contributed by atoms with van der Waals surface area (Å²) < 4.78 is 0. The lowest BCUT2D eigenvalue weighted by atomic mass is 10.6. The number of aryl methyl sites for hydroxylation is 1. The van der Waals surface area contributed by atoms with E-state index in [4.69, 9.17) is 0 Å². The predicted octanol–water partition coefficient (Wildman–Crippen LogP) is 1.63. The van der Waals surface area contributed by atoms with E-state index in [-0.39, 0.29) is 24.8 Å². The van der Waals surface area contributed by atoms with Crippen LogP contribution < -0.4 is 0 Å². The fourth-order valence-electron chi connectivity index (χ4n) is 0.374. The quantitative estimate of drug-likeness (QED) is 0.586. The molecule has 0 radical (unpaired) electrons. The van der Waals surface area contributed by atoms with Crippen molar-refractivity contribution in [2.75, 3.05) is 0 Å². The second kappa shape index (κ2) is 5.79. The van der Waals surface area contributed by atoms with Gasteiger partial charge < -0.3 is 0 Å². The molecule has 52 valence electrons. The Morgan fingerprint density at radius 2 is 1.56 bits per heavy atom. The summed E-state index contributed by atoms with van der Waals surface area (Å²) in [5.41, 5.74) is 0. The molecule has 2 nitrogen and oxygen atoms in total. The number of halogens is 2. The average Bonchev–Trinajstić information content (AvgIpc) is 1.69. The lowest BCUT2D eigenvalue weighted by Crippen LogP contribution is -1.80. The highest BCUT2D eigenvalue weighted by Crippen LogP contribution is 1.78. The fraction of sp³-hybridized carbons (Fsp3) is 0.200. The van der Waals surface area contributed by atoms with E-state index < -0.39 is 0 Å². The molecule has 0 unspecified atom stereocenters. The molecule has 0 fully saturated rings. The number of aromatic nitrogens is 2. The molecule has 0 aliphatic rings. The van der Waals surface area contributed by atoms with E-state index in [1.165, 1.54) is 0 Å². The van der Waals surface area contributed by atoms with Gasteiger partial charge in [0, 0.05) is 12.4 Å².